The maximum absolute atomic E-state index is 13.0. The first kappa shape index (κ1) is 13.6. The number of benzene rings is 1. The highest BCUT2D eigenvalue weighted by Gasteiger charge is 2.22. The van der Waals surface area contributed by atoms with Crippen LogP contribution in [0.25, 0.3) is 0 Å². The number of halogens is 1. The van der Waals surface area contributed by atoms with Gasteiger partial charge in [-0.25, -0.2) is 4.39 Å². The Kier molecular flexibility index (Phi) is 4.56. The van der Waals surface area contributed by atoms with E-state index in [1.807, 2.05) is 0 Å². The summed E-state index contributed by atoms with van der Waals surface area (Å²) in [5.41, 5.74) is 11.0. The van der Waals surface area contributed by atoms with Crippen LogP contribution in [-0.2, 0) is 11.3 Å². The molecule has 0 bridgehead atoms. The molecule has 17 heavy (non-hydrogen) atoms. The lowest BCUT2D eigenvalue weighted by atomic mass is 9.97. The molecule has 5 nitrogen and oxygen atoms in total. The van der Waals surface area contributed by atoms with Gasteiger partial charge in [-0.3, -0.25) is 4.79 Å². The molecule has 1 rings (SSSR count). The summed E-state index contributed by atoms with van der Waals surface area (Å²) in [5, 5.41) is 19.3. The van der Waals surface area contributed by atoms with Crippen LogP contribution < -0.4 is 11.5 Å². The SMILES string of the molecule is NCc1ccc(F)cc1C(O)C(O)CC(N)=O. The average Bonchev–Trinajstić information content (AvgIpc) is 2.27. The molecule has 0 aliphatic rings. The first-order chi connectivity index (χ1) is 7.95. The summed E-state index contributed by atoms with van der Waals surface area (Å²) >= 11 is 0. The minimum atomic E-state index is -1.39. The Bertz CT molecular complexity index is 412. The lowest BCUT2D eigenvalue weighted by molar-refractivity contribution is -0.121. The van der Waals surface area contributed by atoms with Crippen molar-refractivity contribution in [2.24, 2.45) is 11.5 Å². The van der Waals surface area contributed by atoms with Crippen LogP contribution in [0, 0.1) is 5.82 Å². The predicted octanol–water partition coefficient (Wildman–Crippen LogP) is -0.446. The van der Waals surface area contributed by atoms with Crippen LogP contribution in [-0.4, -0.2) is 22.2 Å². The van der Waals surface area contributed by atoms with Gasteiger partial charge in [-0.05, 0) is 23.3 Å². The normalized spacial score (nSPS) is 14.4. The Morgan fingerprint density at radius 3 is 2.59 bits per heavy atom. The van der Waals surface area contributed by atoms with E-state index in [2.05, 4.69) is 0 Å². The second kappa shape index (κ2) is 5.72. The van der Waals surface area contributed by atoms with E-state index < -0.39 is 30.4 Å². The molecule has 0 aliphatic carbocycles. The highest BCUT2D eigenvalue weighted by molar-refractivity contribution is 5.74. The molecule has 0 spiro atoms. The summed E-state index contributed by atoms with van der Waals surface area (Å²) in [7, 11) is 0. The summed E-state index contributed by atoms with van der Waals surface area (Å²) in [6, 6.07) is 3.71. The smallest absolute Gasteiger partial charge is 0.220 e. The van der Waals surface area contributed by atoms with E-state index in [9.17, 15) is 19.4 Å². The van der Waals surface area contributed by atoms with E-state index in [1.165, 1.54) is 12.1 Å². The Morgan fingerprint density at radius 1 is 1.41 bits per heavy atom. The molecule has 0 heterocycles. The summed E-state index contributed by atoms with van der Waals surface area (Å²) in [4.78, 5) is 10.6. The van der Waals surface area contributed by atoms with Crippen LogP contribution in [0.1, 0.15) is 23.7 Å². The minimum absolute atomic E-state index is 0.0932. The van der Waals surface area contributed by atoms with Crippen molar-refractivity contribution in [1.82, 2.24) is 0 Å². The zero-order chi connectivity index (χ0) is 13.0. The average molecular weight is 242 g/mol. The molecule has 0 radical (unpaired) electrons. The van der Waals surface area contributed by atoms with Crippen molar-refractivity contribution in [1.29, 1.82) is 0 Å². The summed E-state index contributed by atoms with van der Waals surface area (Å²) in [5.74, 6) is -1.30. The van der Waals surface area contributed by atoms with E-state index in [0.717, 1.165) is 6.07 Å². The van der Waals surface area contributed by atoms with Crippen molar-refractivity contribution >= 4 is 5.91 Å². The fourth-order valence-electron chi connectivity index (χ4n) is 1.55. The maximum Gasteiger partial charge on any atom is 0.220 e. The molecule has 0 saturated carbocycles. The molecule has 6 heteroatoms. The van der Waals surface area contributed by atoms with Crippen LogP contribution in [0.5, 0.6) is 0 Å². The molecule has 1 aromatic carbocycles. The van der Waals surface area contributed by atoms with Gasteiger partial charge in [-0.1, -0.05) is 6.07 Å². The molecule has 94 valence electrons. The molecule has 2 atom stereocenters. The lowest BCUT2D eigenvalue weighted by Crippen LogP contribution is -2.26. The number of aliphatic hydroxyl groups is 2. The zero-order valence-electron chi connectivity index (χ0n) is 9.14. The number of hydrogen-bond acceptors (Lipinski definition) is 4. The van der Waals surface area contributed by atoms with Gasteiger partial charge in [0, 0.05) is 6.54 Å². The Morgan fingerprint density at radius 2 is 2.06 bits per heavy atom. The number of amides is 1. The van der Waals surface area contributed by atoms with E-state index in [-0.39, 0.29) is 12.1 Å². The minimum Gasteiger partial charge on any atom is -0.390 e. The van der Waals surface area contributed by atoms with Crippen molar-refractivity contribution in [2.45, 2.75) is 25.2 Å². The van der Waals surface area contributed by atoms with E-state index >= 15 is 0 Å². The highest BCUT2D eigenvalue weighted by atomic mass is 19.1. The fourth-order valence-corrected chi connectivity index (χ4v) is 1.55. The molecule has 0 fully saturated rings. The number of hydrogen-bond donors (Lipinski definition) is 4. The maximum atomic E-state index is 13.0. The van der Waals surface area contributed by atoms with Crippen molar-refractivity contribution < 1.29 is 19.4 Å². The Balaban J connectivity index is 2.97. The second-order valence-corrected chi connectivity index (χ2v) is 3.73. The molecule has 0 aliphatic heterocycles. The van der Waals surface area contributed by atoms with Crippen molar-refractivity contribution in [2.75, 3.05) is 0 Å². The summed E-state index contributed by atoms with van der Waals surface area (Å²) < 4.78 is 13.0. The number of nitrogens with two attached hydrogens (primary N) is 2. The quantitative estimate of drug-likeness (QED) is 0.560. The molecule has 6 N–H and O–H groups in total. The van der Waals surface area contributed by atoms with Crippen LogP contribution in [0.15, 0.2) is 18.2 Å². The lowest BCUT2D eigenvalue weighted by Gasteiger charge is -2.19. The first-order valence-electron chi connectivity index (χ1n) is 5.08. The number of rotatable bonds is 5. The molecular weight excluding hydrogens is 227 g/mol. The van der Waals surface area contributed by atoms with Crippen LogP contribution in [0.4, 0.5) is 4.39 Å². The second-order valence-electron chi connectivity index (χ2n) is 3.73. The topological polar surface area (TPSA) is 110 Å². The van der Waals surface area contributed by atoms with Gasteiger partial charge in [-0.2, -0.15) is 0 Å². The Hall–Kier alpha value is -1.50. The molecule has 0 saturated heterocycles. The van der Waals surface area contributed by atoms with Gasteiger partial charge in [0.15, 0.2) is 0 Å². The number of carbonyl (C=O) groups excluding carboxylic acids is 1. The Labute approximate surface area is 97.9 Å². The number of primary amides is 1. The van der Waals surface area contributed by atoms with Gasteiger partial charge < -0.3 is 21.7 Å². The van der Waals surface area contributed by atoms with Crippen LogP contribution >= 0.6 is 0 Å². The van der Waals surface area contributed by atoms with Gasteiger partial charge in [-0.15, -0.1) is 0 Å². The molecular formula is C11H15FN2O3. The predicted molar refractivity (Wildman–Crippen MR) is 59.1 cm³/mol. The standard InChI is InChI=1S/C11H15FN2O3/c12-7-2-1-6(5-13)8(3-7)11(17)9(15)4-10(14)16/h1-3,9,11,15,17H,4-5,13H2,(H2,14,16). The first-order valence-corrected chi connectivity index (χ1v) is 5.08. The molecule has 1 aromatic rings. The fraction of sp³-hybridized carbons (Fsp3) is 0.364. The van der Waals surface area contributed by atoms with Crippen molar-refractivity contribution in [3.63, 3.8) is 0 Å². The van der Waals surface area contributed by atoms with Crippen LogP contribution in [0.3, 0.4) is 0 Å². The van der Waals surface area contributed by atoms with Gasteiger partial charge in [0.05, 0.1) is 12.5 Å². The van der Waals surface area contributed by atoms with E-state index in [4.69, 9.17) is 11.5 Å². The number of carbonyl (C=O) groups is 1. The van der Waals surface area contributed by atoms with E-state index in [0.29, 0.717) is 5.56 Å². The highest BCUT2D eigenvalue weighted by Crippen LogP contribution is 2.23. The number of aliphatic hydroxyl groups excluding tert-OH is 2. The molecule has 1 amide bonds. The van der Waals surface area contributed by atoms with Crippen molar-refractivity contribution in [3.8, 4) is 0 Å². The van der Waals surface area contributed by atoms with Gasteiger partial charge >= 0.3 is 0 Å². The third-order valence-electron chi connectivity index (χ3n) is 2.42. The van der Waals surface area contributed by atoms with Gasteiger partial charge in [0.1, 0.15) is 11.9 Å². The van der Waals surface area contributed by atoms with Gasteiger partial charge in [0.25, 0.3) is 0 Å². The zero-order valence-corrected chi connectivity index (χ0v) is 9.14. The summed E-state index contributed by atoms with van der Waals surface area (Å²) in [6.07, 6.45) is -3.17. The van der Waals surface area contributed by atoms with Crippen molar-refractivity contribution in [3.05, 3.63) is 35.1 Å². The monoisotopic (exact) mass is 242 g/mol. The molecule has 0 aromatic heterocycles. The third-order valence-corrected chi connectivity index (χ3v) is 2.42. The largest absolute Gasteiger partial charge is 0.390 e. The van der Waals surface area contributed by atoms with E-state index in [1.54, 1.807) is 0 Å². The van der Waals surface area contributed by atoms with Crippen LogP contribution in [0.2, 0.25) is 0 Å². The van der Waals surface area contributed by atoms with Gasteiger partial charge in [0.2, 0.25) is 5.91 Å². The molecule has 2 unspecified atom stereocenters. The third kappa shape index (κ3) is 3.48. The summed E-state index contributed by atoms with van der Waals surface area (Å²) in [6.45, 7) is 0.0932.